The molecule has 0 spiro atoms. The Bertz CT molecular complexity index is 610. The van der Waals surface area contributed by atoms with Crippen LogP contribution in [0.3, 0.4) is 0 Å². The van der Waals surface area contributed by atoms with Crippen molar-refractivity contribution in [3.63, 3.8) is 0 Å². The maximum absolute atomic E-state index is 13.6. The fourth-order valence-electron chi connectivity index (χ4n) is 1.64. The summed E-state index contributed by atoms with van der Waals surface area (Å²) in [7, 11) is 1.21. The van der Waals surface area contributed by atoms with E-state index in [0.717, 1.165) is 12.1 Å². The van der Waals surface area contributed by atoms with E-state index in [0.29, 0.717) is 0 Å². The normalized spacial score (nSPS) is 12.2. The molecular formula is C13H11F2NO3. The number of halogens is 2. The fourth-order valence-corrected chi connectivity index (χ4v) is 1.64. The molecule has 0 radical (unpaired) electrons. The SMILES string of the molecule is COC(=O)c1ccc(C(N)c2ccc(F)cc2F)o1. The van der Waals surface area contributed by atoms with Crippen LogP contribution in [0.1, 0.15) is 27.9 Å². The van der Waals surface area contributed by atoms with Crippen molar-refractivity contribution in [2.75, 3.05) is 7.11 Å². The van der Waals surface area contributed by atoms with Crippen molar-refractivity contribution in [1.29, 1.82) is 0 Å². The van der Waals surface area contributed by atoms with E-state index in [1.54, 1.807) is 0 Å². The molecule has 0 amide bonds. The van der Waals surface area contributed by atoms with E-state index in [1.165, 1.54) is 25.3 Å². The van der Waals surface area contributed by atoms with Crippen molar-refractivity contribution in [2.24, 2.45) is 5.73 Å². The number of hydrogen-bond donors (Lipinski definition) is 1. The molecule has 0 saturated carbocycles. The van der Waals surface area contributed by atoms with E-state index >= 15 is 0 Å². The van der Waals surface area contributed by atoms with Crippen LogP contribution >= 0.6 is 0 Å². The fraction of sp³-hybridized carbons (Fsp3) is 0.154. The van der Waals surface area contributed by atoms with Gasteiger partial charge in [-0.15, -0.1) is 0 Å². The molecular weight excluding hydrogens is 256 g/mol. The van der Waals surface area contributed by atoms with Gasteiger partial charge in [0.25, 0.3) is 0 Å². The second-order valence-electron chi connectivity index (χ2n) is 3.84. The predicted molar refractivity (Wildman–Crippen MR) is 62.4 cm³/mol. The Morgan fingerprint density at radius 1 is 1.32 bits per heavy atom. The van der Waals surface area contributed by atoms with Crippen LogP contribution in [-0.2, 0) is 4.74 Å². The van der Waals surface area contributed by atoms with Crippen LogP contribution in [0.5, 0.6) is 0 Å². The van der Waals surface area contributed by atoms with Crippen molar-refractivity contribution in [1.82, 2.24) is 0 Å². The van der Waals surface area contributed by atoms with Crippen molar-refractivity contribution < 1.29 is 22.7 Å². The van der Waals surface area contributed by atoms with Gasteiger partial charge >= 0.3 is 5.97 Å². The zero-order valence-electron chi connectivity index (χ0n) is 10.0. The highest BCUT2D eigenvalue weighted by Gasteiger charge is 2.19. The summed E-state index contributed by atoms with van der Waals surface area (Å²) in [5.74, 6) is -1.97. The minimum absolute atomic E-state index is 0.0320. The Labute approximate surface area is 107 Å². The average Bonchev–Trinajstić information content (AvgIpc) is 2.86. The molecule has 19 heavy (non-hydrogen) atoms. The molecule has 1 aromatic heterocycles. The highest BCUT2D eigenvalue weighted by Crippen LogP contribution is 2.24. The van der Waals surface area contributed by atoms with E-state index in [-0.39, 0.29) is 17.1 Å². The number of esters is 1. The smallest absolute Gasteiger partial charge is 0.373 e. The molecule has 100 valence electrons. The number of rotatable bonds is 3. The topological polar surface area (TPSA) is 65.5 Å². The lowest BCUT2D eigenvalue weighted by molar-refractivity contribution is 0.0562. The minimum Gasteiger partial charge on any atom is -0.463 e. The van der Waals surface area contributed by atoms with Gasteiger partial charge in [-0.1, -0.05) is 6.07 Å². The first-order valence-corrected chi connectivity index (χ1v) is 5.41. The number of hydrogen-bond acceptors (Lipinski definition) is 4. The van der Waals surface area contributed by atoms with Crippen LogP contribution < -0.4 is 5.73 Å². The van der Waals surface area contributed by atoms with Crippen molar-refractivity contribution in [3.05, 3.63) is 59.1 Å². The summed E-state index contributed by atoms with van der Waals surface area (Å²) < 4.78 is 36.0. The standard InChI is InChI=1S/C13H11F2NO3/c1-18-13(17)11-5-4-10(19-11)12(16)8-3-2-7(14)6-9(8)15/h2-6,12H,16H2,1H3. The number of benzene rings is 1. The first kappa shape index (κ1) is 13.2. The molecule has 0 aliphatic heterocycles. The number of nitrogens with two attached hydrogens (primary N) is 1. The molecule has 1 heterocycles. The molecule has 1 unspecified atom stereocenters. The van der Waals surface area contributed by atoms with Crippen molar-refractivity contribution >= 4 is 5.97 Å². The third-order valence-corrected chi connectivity index (χ3v) is 2.62. The molecule has 4 nitrogen and oxygen atoms in total. The van der Waals surface area contributed by atoms with Gasteiger partial charge in [0.05, 0.1) is 13.2 Å². The first-order chi connectivity index (χ1) is 9.02. The third-order valence-electron chi connectivity index (χ3n) is 2.62. The Morgan fingerprint density at radius 3 is 2.68 bits per heavy atom. The van der Waals surface area contributed by atoms with E-state index in [9.17, 15) is 13.6 Å². The summed E-state index contributed by atoms with van der Waals surface area (Å²) in [6.07, 6.45) is 0. The van der Waals surface area contributed by atoms with Crippen LogP contribution in [0.4, 0.5) is 8.78 Å². The number of methoxy groups -OCH3 is 1. The van der Waals surface area contributed by atoms with Gasteiger partial charge in [0, 0.05) is 11.6 Å². The van der Waals surface area contributed by atoms with Gasteiger partial charge in [0.1, 0.15) is 17.4 Å². The monoisotopic (exact) mass is 267 g/mol. The molecule has 0 bridgehead atoms. The highest BCUT2D eigenvalue weighted by molar-refractivity contribution is 5.86. The van der Waals surface area contributed by atoms with Crippen molar-refractivity contribution in [3.8, 4) is 0 Å². The van der Waals surface area contributed by atoms with E-state index in [4.69, 9.17) is 10.2 Å². The Hall–Kier alpha value is -2.21. The van der Waals surface area contributed by atoms with Crippen molar-refractivity contribution in [2.45, 2.75) is 6.04 Å². The summed E-state index contributed by atoms with van der Waals surface area (Å²) >= 11 is 0. The predicted octanol–water partition coefficient (Wildman–Crippen LogP) is 2.39. The molecule has 2 rings (SSSR count). The Kier molecular flexibility index (Phi) is 3.62. The van der Waals surface area contributed by atoms with Crippen LogP contribution in [0.15, 0.2) is 34.7 Å². The zero-order chi connectivity index (χ0) is 14.0. The molecule has 6 heteroatoms. The van der Waals surface area contributed by atoms with Gasteiger partial charge in [-0.2, -0.15) is 0 Å². The second-order valence-corrected chi connectivity index (χ2v) is 3.84. The molecule has 2 aromatic rings. The molecule has 1 aromatic carbocycles. The van der Waals surface area contributed by atoms with Gasteiger partial charge in [-0.05, 0) is 18.2 Å². The number of furan rings is 1. The van der Waals surface area contributed by atoms with Crippen LogP contribution in [0, 0.1) is 11.6 Å². The quantitative estimate of drug-likeness (QED) is 0.867. The highest BCUT2D eigenvalue weighted by atomic mass is 19.1. The zero-order valence-corrected chi connectivity index (χ0v) is 10.0. The third kappa shape index (κ3) is 2.63. The maximum atomic E-state index is 13.6. The summed E-state index contributed by atoms with van der Waals surface area (Å²) in [6.45, 7) is 0. The number of carbonyl (C=O) groups is 1. The van der Waals surface area contributed by atoms with Gasteiger partial charge in [0.2, 0.25) is 5.76 Å². The molecule has 0 aliphatic carbocycles. The maximum Gasteiger partial charge on any atom is 0.373 e. The lowest BCUT2D eigenvalue weighted by atomic mass is 10.0. The molecule has 2 N–H and O–H groups in total. The molecule has 0 fully saturated rings. The summed E-state index contributed by atoms with van der Waals surface area (Å²) in [5, 5.41) is 0. The molecule has 0 aliphatic rings. The Morgan fingerprint density at radius 2 is 2.05 bits per heavy atom. The lowest BCUT2D eigenvalue weighted by Gasteiger charge is -2.10. The lowest BCUT2D eigenvalue weighted by Crippen LogP contribution is -2.13. The molecule has 1 atom stereocenters. The van der Waals surface area contributed by atoms with E-state index in [2.05, 4.69) is 4.74 Å². The second kappa shape index (κ2) is 5.19. The number of carbonyl (C=O) groups excluding carboxylic acids is 1. The van der Waals surface area contributed by atoms with Crippen LogP contribution in [-0.4, -0.2) is 13.1 Å². The van der Waals surface area contributed by atoms with Gasteiger partial charge in [0.15, 0.2) is 0 Å². The van der Waals surface area contributed by atoms with Crippen LogP contribution in [0.25, 0.3) is 0 Å². The van der Waals surface area contributed by atoms with Gasteiger partial charge in [-0.3, -0.25) is 0 Å². The minimum atomic E-state index is -0.931. The summed E-state index contributed by atoms with van der Waals surface area (Å²) in [5.41, 5.74) is 5.89. The summed E-state index contributed by atoms with van der Waals surface area (Å²) in [4.78, 5) is 11.2. The summed E-state index contributed by atoms with van der Waals surface area (Å²) in [6, 6.07) is 4.96. The van der Waals surface area contributed by atoms with E-state index in [1.807, 2.05) is 0 Å². The van der Waals surface area contributed by atoms with Gasteiger partial charge in [-0.25, -0.2) is 13.6 Å². The first-order valence-electron chi connectivity index (χ1n) is 5.41. The Balaban J connectivity index is 2.31. The van der Waals surface area contributed by atoms with Crippen LogP contribution in [0.2, 0.25) is 0 Å². The number of ether oxygens (including phenoxy) is 1. The average molecular weight is 267 g/mol. The largest absolute Gasteiger partial charge is 0.463 e. The van der Waals surface area contributed by atoms with Gasteiger partial charge < -0.3 is 14.9 Å². The van der Waals surface area contributed by atoms with E-state index < -0.39 is 23.6 Å². The molecule has 0 saturated heterocycles.